The van der Waals surface area contributed by atoms with E-state index in [1.54, 1.807) is 12.1 Å². The molecule has 0 fully saturated rings. The summed E-state index contributed by atoms with van der Waals surface area (Å²) < 4.78 is 0. The lowest BCUT2D eigenvalue weighted by Gasteiger charge is -2.25. The number of carbonyl (C=O) groups is 4. The van der Waals surface area contributed by atoms with Crippen LogP contribution < -0.4 is 21.7 Å². The number of carboxylic acid groups (broad SMARTS) is 1. The highest BCUT2D eigenvalue weighted by atomic mass is 16.4. The van der Waals surface area contributed by atoms with E-state index in [4.69, 9.17) is 10.8 Å². The lowest BCUT2D eigenvalue weighted by Crippen LogP contribution is -2.57. The number of phenolic OH excluding ortho intramolecular Hbond substituents is 1. The minimum absolute atomic E-state index is 0.0153. The third-order valence-electron chi connectivity index (χ3n) is 4.35. The molecule has 0 heterocycles. The van der Waals surface area contributed by atoms with Crippen LogP contribution in [0.4, 0.5) is 0 Å². The van der Waals surface area contributed by atoms with Crippen LogP contribution in [-0.4, -0.2) is 70.3 Å². The van der Waals surface area contributed by atoms with Gasteiger partial charge in [0, 0.05) is 6.42 Å². The molecule has 0 bridgehead atoms. The van der Waals surface area contributed by atoms with Gasteiger partial charge in [-0.3, -0.25) is 14.4 Å². The Morgan fingerprint density at radius 2 is 1.48 bits per heavy atom. The molecule has 31 heavy (non-hydrogen) atoms. The van der Waals surface area contributed by atoms with E-state index >= 15 is 0 Å². The molecule has 172 valence electrons. The molecule has 8 N–H and O–H groups in total. The van der Waals surface area contributed by atoms with Crippen molar-refractivity contribution in [2.24, 2.45) is 11.7 Å². The summed E-state index contributed by atoms with van der Waals surface area (Å²) >= 11 is 0. The van der Waals surface area contributed by atoms with Gasteiger partial charge in [0.1, 0.15) is 23.9 Å². The molecule has 3 atom stereocenters. The number of hydrogen-bond donors (Lipinski definition) is 7. The summed E-state index contributed by atoms with van der Waals surface area (Å²) in [5.41, 5.74) is 5.89. The molecule has 0 aliphatic heterocycles. The van der Waals surface area contributed by atoms with Crippen LogP contribution in [0.15, 0.2) is 24.3 Å². The monoisotopic (exact) mass is 438 g/mol. The molecule has 0 saturated heterocycles. The molecule has 11 nitrogen and oxygen atoms in total. The number of aliphatic hydroxyl groups is 1. The van der Waals surface area contributed by atoms with Crippen LogP contribution in [0.1, 0.15) is 25.8 Å². The van der Waals surface area contributed by atoms with Gasteiger partial charge in [-0.15, -0.1) is 0 Å². The van der Waals surface area contributed by atoms with Gasteiger partial charge in [-0.05, 0) is 30.0 Å². The molecule has 11 heteroatoms. The molecule has 1 rings (SSSR count). The zero-order valence-corrected chi connectivity index (χ0v) is 17.5. The van der Waals surface area contributed by atoms with Crippen molar-refractivity contribution < 1.29 is 34.5 Å². The lowest BCUT2D eigenvalue weighted by molar-refractivity contribution is -0.143. The van der Waals surface area contributed by atoms with Crippen LogP contribution in [0.5, 0.6) is 5.75 Å². The minimum Gasteiger partial charge on any atom is -0.508 e. The minimum atomic E-state index is -1.55. The fourth-order valence-electron chi connectivity index (χ4n) is 2.76. The molecule has 3 amide bonds. The topological polar surface area (TPSA) is 191 Å². The molecular formula is C20H30N4O7. The van der Waals surface area contributed by atoms with Crippen LogP contribution in [0.3, 0.4) is 0 Å². The van der Waals surface area contributed by atoms with Crippen LogP contribution in [0.2, 0.25) is 0 Å². The largest absolute Gasteiger partial charge is 0.508 e. The number of nitrogens with two attached hydrogens (primary N) is 1. The summed E-state index contributed by atoms with van der Waals surface area (Å²) in [6.07, 6.45) is 0.272. The highest BCUT2D eigenvalue weighted by molar-refractivity contribution is 5.93. The predicted octanol–water partition coefficient (Wildman–Crippen LogP) is -1.53. The van der Waals surface area contributed by atoms with E-state index in [9.17, 15) is 29.4 Å². The van der Waals surface area contributed by atoms with Gasteiger partial charge in [-0.25, -0.2) is 4.79 Å². The Morgan fingerprint density at radius 1 is 0.935 bits per heavy atom. The number of rotatable bonds is 12. The van der Waals surface area contributed by atoms with Gasteiger partial charge in [0.2, 0.25) is 17.7 Å². The second-order valence-electron chi connectivity index (χ2n) is 7.47. The first-order valence-corrected chi connectivity index (χ1v) is 9.79. The summed E-state index contributed by atoms with van der Waals surface area (Å²) in [5.74, 6) is -3.36. The van der Waals surface area contributed by atoms with Crippen LogP contribution in [0, 0.1) is 5.92 Å². The zero-order chi connectivity index (χ0) is 23.6. The maximum absolute atomic E-state index is 12.8. The van der Waals surface area contributed by atoms with E-state index < -0.39 is 48.4 Å². The summed E-state index contributed by atoms with van der Waals surface area (Å²) in [6, 6.07) is 2.21. The van der Waals surface area contributed by atoms with Gasteiger partial charge in [0.05, 0.1) is 13.2 Å². The van der Waals surface area contributed by atoms with Crippen molar-refractivity contribution in [2.75, 3.05) is 13.2 Å². The van der Waals surface area contributed by atoms with Crippen LogP contribution in [0.25, 0.3) is 0 Å². The first kappa shape index (κ1) is 25.9. The molecule has 0 saturated carbocycles. The summed E-state index contributed by atoms with van der Waals surface area (Å²) in [4.78, 5) is 48.4. The van der Waals surface area contributed by atoms with E-state index in [0.717, 1.165) is 0 Å². The SMILES string of the molecule is CC(C)CC(NC(=O)CN)C(=O)NC(Cc1ccc(O)cc1)C(=O)NC(CO)C(=O)O. The number of carbonyl (C=O) groups excluding carboxylic acids is 3. The zero-order valence-electron chi connectivity index (χ0n) is 17.5. The Hall–Kier alpha value is -3.18. The number of nitrogens with one attached hydrogen (secondary N) is 3. The first-order chi connectivity index (χ1) is 14.6. The predicted molar refractivity (Wildman–Crippen MR) is 111 cm³/mol. The second kappa shape index (κ2) is 12.5. The fourth-order valence-corrected chi connectivity index (χ4v) is 2.76. The standard InChI is InChI=1S/C20H30N4O7/c1-11(2)7-14(22-17(27)9-21)18(28)23-15(8-12-3-5-13(26)6-4-12)19(29)24-16(10-25)20(30)31/h3-6,11,14-16,25-26H,7-10,21H2,1-2H3,(H,22,27)(H,23,28)(H,24,29)(H,30,31). The van der Waals surface area contributed by atoms with Gasteiger partial charge in [-0.1, -0.05) is 26.0 Å². The highest BCUT2D eigenvalue weighted by Gasteiger charge is 2.29. The highest BCUT2D eigenvalue weighted by Crippen LogP contribution is 2.12. The van der Waals surface area contributed by atoms with Gasteiger partial charge in [-0.2, -0.15) is 0 Å². The molecule has 0 aliphatic rings. The number of aliphatic hydroxyl groups excluding tert-OH is 1. The van der Waals surface area contributed by atoms with Crippen molar-refractivity contribution in [3.63, 3.8) is 0 Å². The summed E-state index contributed by atoms with van der Waals surface area (Å²) in [5, 5.41) is 34.9. The molecule has 3 unspecified atom stereocenters. The normalized spacial score (nSPS) is 13.7. The Labute approximate surface area is 180 Å². The van der Waals surface area contributed by atoms with Crippen molar-refractivity contribution in [3.05, 3.63) is 29.8 Å². The Morgan fingerprint density at radius 3 is 1.97 bits per heavy atom. The third kappa shape index (κ3) is 9.01. The molecule has 1 aromatic rings. The molecule has 0 aromatic heterocycles. The number of aromatic hydroxyl groups is 1. The maximum atomic E-state index is 12.8. The van der Waals surface area contributed by atoms with Crippen molar-refractivity contribution in [1.29, 1.82) is 0 Å². The number of carboxylic acids is 1. The van der Waals surface area contributed by atoms with Gasteiger partial charge in [0.15, 0.2) is 0 Å². The molecule has 0 spiro atoms. The van der Waals surface area contributed by atoms with E-state index in [1.807, 2.05) is 13.8 Å². The summed E-state index contributed by atoms with van der Waals surface area (Å²) in [7, 11) is 0. The van der Waals surface area contributed by atoms with E-state index in [2.05, 4.69) is 16.0 Å². The van der Waals surface area contributed by atoms with Crippen molar-refractivity contribution in [1.82, 2.24) is 16.0 Å². The lowest BCUT2D eigenvalue weighted by atomic mass is 10.0. The van der Waals surface area contributed by atoms with Gasteiger partial charge >= 0.3 is 5.97 Å². The quantitative estimate of drug-likeness (QED) is 0.204. The van der Waals surface area contributed by atoms with Gasteiger partial charge < -0.3 is 37.0 Å². The van der Waals surface area contributed by atoms with Crippen LogP contribution in [-0.2, 0) is 25.6 Å². The van der Waals surface area contributed by atoms with Crippen LogP contribution >= 0.6 is 0 Å². The first-order valence-electron chi connectivity index (χ1n) is 9.79. The molecule has 1 aromatic carbocycles. The Kier molecular flexibility index (Phi) is 10.4. The molecule has 0 radical (unpaired) electrons. The average Bonchev–Trinajstić information content (AvgIpc) is 2.71. The molecule has 0 aliphatic carbocycles. The Bertz CT molecular complexity index is 767. The van der Waals surface area contributed by atoms with Crippen molar-refractivity contribution in [3.8, 4) is 5.75 Å². The number of aliphatic carboxylic acids is 1. The van der Waals surface area contributed by atoms with Gasteiger partial charge in [0.25, 0.3) is 0 Å². The number of phenols is 1. The number of hydrogen-bond acceptors (Lipinski definition) is 7. The fraction of sp³-hybridized carbons (Fsp3) is 0.500. The number of amides is 3. The maximum Gasteiger partial charge on any atom is 0.328 e. The Balaban J connectivity index is 3.07. The molecular weight excluding hydrogens is 408 g/mol. The smallest absolute Gasteiger partial charge is 0.328 e. The third-order valence-corrected chi connectivity index (χ3v) is 4.35. The van der Waals surface area contributed by atoms with E-state index in [0.29, 0.717) is 12.0 Å². The van der Waals surface area contributed by atoms with Crippen molar-refractivity contribution >= 4 is 23.7 Å². The van der Waals surface area contributed by atoms with Crippen molar-refractivity contribution in [2.45, 2.75) is 44.8 Å². The average molecular weight is 438 g/mol. The second-order valence-corrected chi connectivity index (χ2v) is 7.47. The van der Waals surface area contributed by atoms with E-state index in [-0.39, 0.29) is 24.6 Å². The number of benzene rings is 1. The summed E-state index contributed by atoms with van der Waals surface area (Å²) in [6.45, 7) is 2.57. The van der Waals surface area contributed by atoms with E-state index in [1.165, 1.54) is 12.1 Å².